The highest BCUT2D eigenvalue weighted by Gasteiger charge is 2.28. The Bertz CT molecular complexity index is 1050. The lowest BCUT2D eigenvalue weighted by atomic mass is 10.1. The topological polar surface area (TPSA) is 104 Å². The molecule has 2 fully saturated rings. The van der Waals surface area contributed by atoms with Gasteiger partial charge in [-0.05, 0) is 68.6 Å². The van der Waals surface area contributed by atoms with Crippen molar-refractivity contribution < 1.29 is 14.0 Å². The summed E-state index contributed by atoms with van der Waals surface area (Å²) in [5, 5.41) is 5.95. The number of nitrogens with two attached hydrogens (primary N) is 1. The standard InChI is InChI=1S/C25H31FN6O2/c1-2-22(33)28-19-10-14-32(16-19)25-21(26)15-20(23(27)34)24(30-25)29-18-7-5-17(6-8-18)9-13-31-11-3-4-12-31/h2,5-8,15,19H,1,3-4,9-14,16H2,(H2,27,34)(H,28,33)(H,29,30)/t19-/m0/s1. The van der Waals surface area contributed by atoms with Crippen molar-refractivity contribution in [1.29, 1.82) is 0 Å². The van der Waals surface area contributed by atoms with Crippen molar-refractivity contribution in [3.05, 3.63) is 59.9 Å². The van der Waals surface area contributed by atoms with Gasteiger partial charge in [-0.2, -0.15) is 0 Å². The number of hydrogen-bond acceptors (Lipinski definition) is 6. The molecular weight excluding hydrogens is 435 g/mol. The molecule has 0 saturated carbocycles. The molecule has 2 amide bonds. The van der Waals surface area contributed by atoms with Crippen LogP contribution in [0.3, 0.4) is 0 Å². The van der Waals surface area contributed by atoms with Crippen LogP contribution in [0.15, 0.2) is 43.0 Å². The zero-order valence-corrected chi connectivity index (χ0v) is 19.2. The maximum Gasteiger partial charge on any atom is 0.252 e. The number of carbonyl (C=O) groups excluding carboxylic acids is 2. The number of benzene rings is 1. The normalized spacial score (nSPS) is 18.1. The minimum atomic E-state index is -0.764. The van der Waals surface area contributed by atoms with Crippen LogP contribution in [0.2, 0.25) is 0 Å². The maximum atomic E-state index is 14.9. The monoisotopic (exact) mass is 466 g/mol. The predicted molar refractivity (Wildman–Crippen MR) is 131 cm³/mol. The highest BCUT2D eigenvalue weighted by molar-refractivity contribution is 5.98. The molecule has 1 atom stereocenters. The van der Waals surface area contributed by atoms with Crippen LogP contribution in [0.25, 0.3) is 0 Å². The van der Waals surface area contributed by atoms with Crippen LogP contribution in [-0.2, 0) is 11.2 Å². The largest absolute Gasteiger partial charge is 0.365 e. The minimum Gasteiger partial charge on any atom is -0.365 e. The van der Waals surface area contributed by atoms with Crippen LogP contribution < -0.4 is 21.3 Å². The first-order valence-corrected chi connectivity index (χ1v) is 11.7. The minimum absolute atomic E-state index is 0.0185. The van der Waals surface area contributed by atoms with Crippen molar-refractivity contribution in [3.8, 4) is 0 Å². The van der Waals surface area contributed by atoms with Crippen molar-refractivity contribution in [2.24, 2.45) is 5.73 Å². The quantitative estimate of drug-likeness (QED) is 0.491. The predicted octanol–water partition coefficient (Wildman–Crippen LogP) is 2.58. The van der Waals surface area contributed by atoms with Crippen molar-refractivity contribution in [1.82, 2.24) is 15.2 Å². The molecule has 0 unspecified atom stereocenters. The number of halogens is 1. The van der Waals surface area contributed by atoms with Crippen molar-refractivity contribution in [2.75, 3.05) is 42.9 Å². The van der Waals surface area contributed by atoms with Gasteiger partial charge in [0, 0.05) is 31.4 Å². The fraction of sp³-hybridized carbons (Fsp3) is 0.400. The third kappa shape index (κ3) is 5.72. The molecule has 2 saturated heterocycles. The zero-order chi connectivity index (χ0) is 24.1. The van der Waals surface area contributed by atoms with E-state index in [1.165, 1.54) is 37.6 Å². The second-order valence-corrected chi connectivity index (χ2v) is 8.82. The van der Waals surface area contributed by atoms with E-state index >= 15 is 0 Å². The van der Waals surface area contributed by atoms with E-state index in [0.717, 1.165) is 24.7 Å². The molecule has 9 heteroatoms. The van der Waals surface area contributed by atoms with Gasteiger partial charge in [-0.15, -0.1) is 0 Å². The average molecular weight is 467 g/mol. The van der Waals surface area contributed by atoms with Crippen LogP contribution in [0.1, 0.15) is 35.2 Å². The van der Waals surface area contributed by atoms with E-state index in [1.54, 1.807) is 4.90 Å². The smallest absolute Gasteiger partial charge is 0.252 e. The summed E-state index contributed by atoms with van der Waals surface area (Å²) in [5.41, 5.74) is 7.44. The van der Waals surface area contributed by atoms with Crippen molar-refractivity contribution >= 4 is 29.1 Å². The molecule has 180 valence electrons. The molecule has 8 nitrogen and oxygen atoms in total. The molecule has 1 aromatic carbocycles. The van der Waals surface area contributed by atoms with Crippen LogP contribution in [0.5, 0.6) is 0 Å². The fourth-order valence-corrected chi connectivity index (χ4v) is 4.50. The lowest BCUT2D eigenvalue weighted by Gasteiger charge is -2.20. The Balaban J connectivity index is 1.47. The molecule has 0 spiro atoms. The molecule has 0 aliphatic carbocycles. The first kappa shape index (κ1) is 23.7. The molecule has 4 N–H and O–H groups in total. The Labute approximate surface area is 199 Å². The lowest BCUT2D eigenvalue weighted by Crippen LogP contribution is -2.36. The molecule has 34 heavy (non-hydrogen) atoms. The number of carbonyl (C=O) groups is 2. The number of hydrogen-bond donors (Lipinski definition) is 3. The molecule has 0 radical (unpaired) electrons. The highest BCUT2D eigenvalue weighted by Crippen LogP contribution is 2.28. The molecule has 4 rings (SSSR count). The average Bonchev–Trinajstić information content (AvgIpc) is 3.51. The Kier molecular flexibility index (Phi) is 7.42. The van der Waals surface area contributed by atoms with Gasteiger partial charge in [0.15, 0.2) is 11.6 Å². The SMILES string of the molecule is C=CC(=O)N[C@H]1CCN(c2nc(Nc3ccc(CCN4CCCC4)cc3)c(C(N)=O)cc2F)C1. The van der Waals surface area contributed by atoms with E-state index in [1.807, 2.05) is 24.3 Å². The second kappa shape index (κ2) is 10.6. The summed E-state index contributed by atoms with van der Waals surface area (Å²) in [6.45, 7) is 7.77. The Morgan fingerprint density at radius 2 is 1.94 bits per heavy atom. The van der Waals surface area contributed by atoms with E-state index in [0.29, 0.717) is 19.5 Å². The van der Waals surface area contributed by atoms with Gasteiger partial charge in [-0.1, -0.05) is 18.7 Å². The number of pyridine rings is 1. The van der Waals surface area contributed by atoms with E-state index in [2.05, 4.69) is 27.1 Å². The summed E-state index contributed by atoms with van der Waals surface area (Å²) in [7, 11) is 0. The van der Waals surface area contributed by atoms with Crippen molar-refractivity contribution in [2.45, 2.75) is 31.7 Å². The third-order valence-electron chi connectivity index (χ3n) is 6.37. The number of primary amides is 1. The number of nitrogens with one attached hydrogen (secondary N) is 2. The van der Waals surface area contributed by atoms with Gasteiger partial charge < -0.3 is 26.2 Å². The van der Waals surface area contributed by atoms with Gasteiger partial charge in [0.1, 0.15) is 5.82 Å². The lowest BCUT2D eigenvalue weighted by molar-refractivity contribution is -0.117. The van der Waals surface area contributed by atoms with Gasteiger partial charge >= 0.3 is 0 Å². The number of nitrogens with zero attached hydrogens (tertiary/aromatic N) is 3. The molecule has 2 aliphatic heterocycles. The second-order valence-electron chi connectivity index (χ2n) is 8.82. The highest BCUT2D eigenvalue weighted by atomic mass is 19.1. The van der Waals surface area contributed by atoms with Gasteiger partial charge in [0.05, 0.1) is 5.56 Å². The van der Waals surface area contributed by atoms with Crippen LogP contribution in [-0.4, -0.2) is 60.5 Å². The van der Waals surface area contributed by atoms with E-state index < -0.39 is 11.7 Å². The molecule has 2 aliphatic rings. The summed E-state index contributed by atoms with van der Waals surface area (Å²) in [6.07, 6.45) is 5.39. The molecular formula is C25H31FN6O2. The van der Waals surface area contributed by atoms with Gasteiger partial charge in [0.2, 0.25) is 5.91 Å². The summed E-state index contributed by atoms with van der Waals surface area (Å²) in [6, 6.07) is 8.91. The number of aromatic nitrogens is 1. The molecule has 1 aromatic heterocycles. The first-order chi connectivity index (χ1) is 16.4. The zero-order valence-electron chi connectivity index (χ0n) is 19.2. The van der Waals surface area contributed by atoms with E-state index in [9.17, 15) is 14.0 Å². The van der Waals surface area contributed by atoms with Gasteiger partial charge in [0.25, 0.3) is 5.91 Å². The van der Waals surface area contributed by atoms with Crippen LogP contribution in [0, 0.1) is 5.82 Å². The van der Waals surface area contributed by atoms with Crippen LogP contribution >= 0.6 is 0 Å². The summed E-state index contributed by atoms with van der Waals surface area (Å²) in [5.74, 6) is -1.35. The maximum absolute atomic E-state index is 14.9. The number of likely N-dealkylation sites (tertiary alicyclic amines) is 1. The molecule has 3 heterocycles. The Morgan fingerprint density at radius 1 is 1.21 bits per heavy atom. The molecule has 2 aromatic rings. The number of anilines is 3. The van der Waals surface area contributed by atoms with Crippen LogP contribution in [0.4, 0.5) is 21.7 Å². The summed E-state index contributed by atoms with van der Waals surface area (Å²) in [4.78, 5) is 32.2. The van der Waals surface area contributed by atoms with Crippen molar-refractivity contribution in [3.63, 3.8) is 0 Å². The first-order valence-electron chi connectivity index (χ1n) is 11.7. The number of amides is 2. The van der Waals surface area contributed by atoms with Gasteiger partial charge in [-0.25, -0.2) is 9.37 Å². The molecule has 0 bridgehead atoms. The summed E-state index contributed by atoms with van der Waals surface area (Å²) < 4.78 is 14.9. The number of rotatable bonds is 9. The third-order valence-corrected chi connectivity index (χ3v) is 6.37. The van der Waals surface area contributed by atoms with Gasteiger partial charge in [-0.3, -0.25) is 9.59 Å². The van der Waals surface area contributed by atoms with E-state index in [4.69, 9.17) is 5.73 Å². The Morgan fingerprint density at radius 3 is 2.62 bits per heavy atom. The Hall–Kier alpha value is -3.46. The fourth-order valence-electron chi connectivity index (χ4n) is 4.50. The van der Waals surface area contributed by atoms with E-state index in [-0.39, 0.29) is 29.1 Å². The summed E-state index contributed by atoms with van der Waals surface area (Å²) >= 11 is 0.